The van der Waals surface area contributed by atoms with E-state index in [4.69, 9.17) is 15.8 Å². The lowest BCUT2D eigenvalue weighted by Crippen LogP contribution is -2.02. The number of hydrogen-bond donors (Lipinski definition) is 1. The summed E-state index contributed by atoms with van der Waals surface area (Å²) >= 11 is 0. The summed E-state index contributed by atoms with van der Waals surface area (Å²) in [6, 6.07) is 11.7. The molecule has 0 atom stereocenters. The minimum atomic E-state index is -4.00. The highest BCUT2D eigenvalue weighted by atomic mass is 32.2. The van der Waals surface area contributed by atoms with Crippen LogP contribution in [0.3, 0.4) is 0 Å². The molecule has 1 N–H and O–H groups in total. The lowest BCUT2D eigenvalue weighted by Gasteiger charge is -2.12. The Bertz CT molecular complexity index is 1010. The molecule has 0 aliphatic heterocycles. The molecular weight excluding hydrogens is 342 g/mol. The van der Waals surface area contributed by atoms with Crippen LogP contribution in [-0.2, 0) is 10.0 Å². The molecule has 0 fully saturated rings. The summed E-state index contributed by atoms with van der Waals surface area (Å²) < 4.78 is 27.9. The molecule has 1 aromatic carbocycles. The van der Waals surface area contributed by atoms with Gasteiger partial charge in [0.15, 0.2) is 5.57 Å². The highest BCUT2D eigenvalue weighted by molar-refractivity contribution is 7.94. The van der Waals surface area contributed by atoms with Gasteiger partial charge in [-0.05, 0) is 36.7 Å². The van der Waals surface area contributed by atoms with Gasteiger partial charge >= 0.3 is 0 Å². The smallest absolute Gasteiger partial charge is 0.229 e. The van der Waals surface area contributed by atoms with Crippen molar-refractivity contribution in [1.29, 1.82) is 15.8 Å². The number of benzene rings is 1. The van der Waals surface area contributed by atoms with E-state index >= 15 is 0 Å². The van der Waals surface area contributed by atoms with E-state index in [1.54, 1.807) is 18.2 Å². The van der Waals surface area contributed by atoms with Gasteiger partial charge in [-0.1, -0.05) is 6.07 Å². The van der Waals surface area contributed by atoms with Gasteiger partial charge in [0, 0.05) is 11.6 Å². The van der Waals surface area contributed by atoms with Crippen LogP contribution in [0.4, 0.5) is 11.6 Å². The van der Waals surface area contributed by atoms with Crippen LogP contribution < -0.4 is 5.32 Å². The molecule has 0 spiro atoms. The maximum Gasteiger partial charge on any atom is 0.229 e. The Morgan fingerprint density at radius 2 is 1.60 bits per heavy atom. The molecule has 1 aromatic heterocycles. The van der Waals surface area contributed by atoms with Crippen molar-refractivity contribution in [3.63, 3.8) is 0 Å². The zero-order valence-electron chi connectivity index (χ0n) is 12.4. The fourth-order valence-electron chi connectivity index (χ4n) is 1.64. The maximum absolute atomic E-state index is 12.2. The number of nitrogens with one attached hydrogen (secondary N) is 1. The highest BCUT2D eigenvalue weighted by Gasteiger charge is 2.12. The van der Waals surface area contributed by atoms with Crippen molar-refractivity contribution in [2.75, 3.05) is 5.32 Å². The van der Waals surface area contributed by atoms with E-state index in [-0.39, 0.29) is 22.1 Å². The Hall–Kier alpha value is -3.94. The van der Waals surface area contributed by atoms with Crippen molar-refractivity contribution in [3.8, 4) is 18.2 Å². The third-order valence-corrected chi connectivity index (χ3v) is 4.03. The van der Waals surface area contributed by atoms with Crippen molar-refractivity contribution < 1.29 is 8.42 Å². The van der Waals surface area contributed by atoms with E-state index in [2.05, 4.69) is 20.0 Å². The summed E-state index contributed by atoms with van der Waals surface area (Å²) in [7, 11) is -4.00. The summed E-state index contributed by atoms with van der Waals surface area (Å²) in [6.45, 7) is 0. The monoisotopic (exact) mass is 350 g/mol. The van der Waals surface area contributed by atoms with Crippen molar-refractivity contribution in [3.05, 3.63) is 58.7 Å². The minimum absolute atomic E-state index is 0.103. The SMILES string of the molecule is N#CC(C#N)=C(C#N)Nc1ccc(S(=O)(=O)[N-]c2ncccn2)cc1. The Balaban J connectivity index is 2.23. The van der Waals surface area contributed by atoms with E-state index in [1.807, 2.05) is 0 Å². The van der Waals surface area contributed by atoms with Crippen molar-refractivity contribution in [1.82, 2.24) is 9.97 Å². The molecule has 0 saturated carbocycles. The summed E-state index contributed by atoms with van der Waals surface area (Å²) in [6.07, 6.45) is 2.73. The van der Waals surface area contributed by atoms with Crippen LogP contribution >= 0.6 is 0 Å². The molecule has 122 valence electrons. The summed E-state index contributed by atoms with van der Waals surface area (Å²) in [5.41, 5.74) is -0.284. The number of nitrogens with zero attached hydrogens (tertiary/aromatic N) is 6. The summed E-state index contributed by atoms with van der Waals surface area (Å²) in [5.74, 6) is -0.188. The standard InChI is InChI=1S/C15H8N7O2S/c16-8-11(9-17)14(10-18)21-12-2-4-13(5-3-12)25(23,24)22-15-19-6-1-7-20-15/h1-7,21H/q-1. The van der Waals surface area contributed by atoms with Crippen molar-refractivity contribution in [2.24, 2.45) is 0 Å². The molecule has 0 unspecified atom stereocenters. The van der Waals surface area contributed by atoms with Gasteiger partial charge in [0.2, 0.25) is 10.0 Å². The van der Waals surface area contributed by atoms with Crippen molar-refractivity contribution >= 4 is 21.7 Å². The maximum atomic E-state index is 12.2. The van der Waals surface area contributed by atoms with Crippen LogP contribution in [0.25, 0.3) is 4.72 Å². The number of anilines is 1. The number of hydrogen-bond acceptors (Lipinski definition) is 8. The molecule has 25 heavy (non-hydrogen) atoms. The van der Waals surface area contributed by atoms with Crippen LogP contribution in [0.5, 0.6) is 0 Å². The number of sulfonamides is 1. The van der Waals surface area contributed by atoms with Gasteiger partial charge in [-0.2, -0.15) is 15.8 Å². The average Bonchev–Trinajstić information content (AvgIpc) is 2.62. The van der Waals surface area contributed by atoms with Gasteiger partial charge in [-0.25, -0.2) is 8.42 Å². The Morgan fingerprint density at radius 1 is 1.00 bits per heavy atom. The van der Waals surface area contributed by atoms with Gasteiger partial charge in [0.25, 0.3) is 0 Å². The second-order valence-electron chi connectivity index (χ2n) is 4.35. The topological polar surface area (TPSA) is 157 Å². The molecule has 1 heterocycles. The first-order valence-corrected chi connectivity index (χ1v) is 8.01. The summed E-state index contributed by atoms with van der Waals surface area (Å²) in [4.78, 5) is 7.34. The molecule has 0 saturated heterocycles. The fraction of sp³-hybridized carbons (Fsp3) is 0. The second-order valence-corrected chi connectivity index (χ2v) is 5.95. The van der Waals surface area contributed by atoms with Gasteiger partial charge in [-0.3, -0.25) is 4.72 Å². The average molecular weight is 350 g/mol. The first kappa shape index (κ1) is 17.4. The van der Waals surface area contributed by atoms with Crippen molar-refractivity contribution in [2.45, 2.75) is 4.90 Å². The Morgan fingerprint density at radius 3 is 2.12 bits per heavy atom. The predicted octanol–water partition coefficient (Wildman–Crippen LogP) is 2.11. The molecule has 0 aliphatic carbocycles. The molecule has 0 bridgehead atoms. The third kappa shape index (κ3) is 4.29. The quantitative estimate of drug-likeness (QED) is 0.803. The van der Waals surface area contributed by atoms with E-state index in [9.17, 15) is 8.42 Å². The van der Waals surface area contributed by atoms with Gasteiger partial charge in [-0.15, -0.1) is 0 Å². The lowest BCUT2D eigenvalue weighted by molar-refractivity contribution is 0.603. The second kappa shape index (κ2) is 7.55. The zero-order valence-corrected chi connectivity index (χ0v) is 13.3. The van der Waals surface area contributed by atoms with Gasteiger partial charge in [0.1, 0.15) is 23.9 Å². The van der Waals surface area contributed by atoms with Gasteiger partial charge in [0.05, 0.1) is 4.90 Å². The first-order chi connectivity index (χ1) is 12.0. The highest BCUT2D eigenvalue weighted by Crippen LogP contribution is 2.25. The normalized spacial score (nSPS) is 9.80. The van der Waals surface area contributed by atoms with Crippen LogP contribution in [0.15, 0.2) is 58.9 Å². The predicted molar refractivity (Wildman–Crippen MR) is 86.2 cm³/mol. The minimum Gasteiger partial charge on any atom is -0.366 e. The zero-order chi connectivity index (χ0) is 18.3. The molecule has 2 rings (SSSR count). The van der Waals surface area contributed by atoms with Crippen LogP contribution in [0.2, 0.25) is 0 Å². The Labute approximate surface area is 143 Å². The number of nitriles is 3. The molecular formula is C15H8N7O2S-. The largest absolute Gasteiger partial charge is 0.366 e. The third-order valence-electron chi connectivity index (χ3n) is 2.76. The molecule has 0 radical (unpaired) electrons. The molecule has 10 heteroatoms. The van der Waals surface area contributed by atoms with E-state index in [0.29, 0.717) is 5.69 Å². The lowest BCUT2D eigenvalue weighted by atomic mass is 10.2. The fourth-order valence-corrected chi connectivity index (χ4v) is 2.53. The van der Waals surface area contributed by atoms with E-state index < -0.39 is 10.0 Å². The van der Waals surface area contributed by atoms with E-state index in [0.717, 1.165) is 0 Å². The van der Waals surface area contributed by atoms with Gasteiger partial charge < -0.3 is 15.3 Å². The number of rotatable bonds is 5. The van der Waals surface area contributed by atoms with Crippen LogP contribution in [0, 0.1) is 34.0 Å². The van der Waals surface area contributed by atoms with Crippen LogP contribution in [-0.4, -0.2) is 18.4 Å². The van der Waals surface area contributed by atoms with E-state index in [1.165, 1.54) is 42.7 Å². The number of allylic oxidation sites excluding steroid dienone is 2. The first-order valence-electron chi connectivity index (χ1n) is 6.57. The molecule has 0 aliphatic rings. The Kier molecular flexibility index (Phi) is 5.26. The molecule has 2 aromatic rings. The summed E-state index contributed by atoms with van der Waals surface area (Å²) in [5, 5.41) is 29.1. The number of aromatic nitrogens is 2. The molecule has 9 nitrogen and oxygen atoms in total. The molecule has 0 amide bonds. The van der Waals surface area contributed by atoms with Crippen LogP contribution in [0.1, 0.15) is 0 Å².